The summed E-state index contributed by atoms with van der Waals surface area (Å²) in [6, 6.07) is 4.78. The molecule has 0 aliphatic heterocycles. The second-order valence-electron chi connectivity index (χ2n) is 3.65. The molecule has 1 aromatic carbocycles. The van der Waals surface area contributed by atoms with E-state index in [1.807, 2.05) is 13.8 Å². The molecule has 1 rings (SSSR count). The normalized spacial score (nSPS) is 12.8. The smallest absolute Gasteiger partial charge is 0.325 e. The van der Waals surface area contributed by atoms with Gasteiger partial charge in [-0.2, -0.15) is 0 Å². The van der Waals surface area contributed by atoms with E-state index in [0.717, 1.165) is 0 Å². The van der Waals surface area contributed by atoms with E-state index in [1.54, 1.807) is 6.07 Å². The molecule has 0 aliphatic rings. The standard InChI is InChI=1S/C11H14FNO2/c1-7(2)13-10(11(14)15)8-4-3-5-9(12)6-8/h3-7,10,13H,1-2H3,(H,14,15). The van der Waals surface area contributed by atoms with E-state index in [2.05, 4.69) is 5.32 Å². The number of halogens is 1. The SMILES string of the molecule is CC(C)NC(C(=O)O)c1cccc(F)c1. The molecule has 15 heavy (non-hydrogen) atoms. The molecule has 0 saturated heterocycles. The fourth-order valence-electron chi connectivity index (χ4n) is 1.33. The van der Waals surface area contributed by atoms with Crippen molar-refractivity contribution < 1.29 is 14.3 Å². The van der Waals surface area contributed by atoms with Crippen LogP contribution in [0.3, 0.4) is 0 Å². The molecule has 82 valence electrons. The highest BCUT2D eigenvalue weighted by Crippen LogP contribution is 2.15. The molecule has 0 amide bonds. The second kappa shape index (κ2) is 4.89. The van der Waals surface area contributed by atoms with Crippen LogP contribution in [0, 0.1) is 5.82 Å². The van der Waals surface area contributed by atoms with Crippen LogP contribution in [0.5, 0.6) is 0 Å². The van der Waals surface area contributed by atoms with Crippen molar-refractivity contribution in [3.63, 3.8) is 0 Å². The molecular formula is C11H14FNO2. The molecule has 1 atom stereocenters. The molecule has 0 saturated carbocycles. The molecule has 1 aromatic rings. The fraction of sp³-hybridized carbons (Fsp3) is 0.364. The molecule has 0 aliphatic carbocycles. The van der Waals surface area contributed by atoms with E-state index < -0.39 is 17.8 Å². The van der Waals surface area contributed by atoms with Crippen LogP contribution >= 0.6 is 0 Å². The lowest BCUT2D eigenvalue weighted by Crippen LogP contribution is -2.33. The van der Waals surface area contributed by atoms with Gasteiger partial charge in [0, 0.05) is 6.04 Å². The van der Waals surface area contributed by atoms with Gasteiger partial charge in [0.15, 0.2) is 0 Å². The molecule has 4 heteroatoms. The van der Waals surface area contributed by atoms with E-state index in [9.17, 15) is 9.18 Å². The zero-order valence-electron chi connectivity index (χ0n) is 8.70. The fourth-order valence-corrected chi connectivity index (χ4v) is 1.33. The summed E-state index contributed by atoms with van der Waals surface area (Å²) in [5, 5.41) is 11.8. The van der Waals surface area contributed by atoms with Crippen LogP contribution in [0.1, 0.15) is 25.5 Å². The minimum absolute atomic E-state index is 0.0226. The number of benzene rings is 1. The zero-order chi connectivity index (χ0) is 11.4. The largest absolute Gasteiger partial charge is 0.480 e. The minimum atomic E-state index is -1.01. The lowest BCUT2D eigenvalue weighted by molar-refractivity contribution is -0.139. The van der Waals surface area contributed by atoms with Crippen molar-refractivity contribution in [2.24, 2.45) is 0 Å². The Labute approximate surface area is 87.9 Å². The summed E-state index contributed by atoms with van der Waals surface area (Å²) in [7, 11) is 0. The Morgan fingerprint density at radius 2 is 2.13 bits per heavy atom. The Balaban J connectivity index is 2.94. The molecule has 0 radical (unpaired) electrons. The van der Waals surface area contributed by atoms with Gasteiger partial charge in [0.2, 0.25) is 0 Å². The van der Waals surface area contributed by atoms with Gasteiger partial charge in [-0.3, -0.25) is 10.1 Å². The van der Waals surface area contributed by atoms with Crippen molar-refractivity contribution in [3.05, 3.63) is 35.6 Å². The van der Waals surface area contributed by atoms with Crippen molar-refractivity contribution in [1.82, 2.24) is 5.32 Å². The van der Waals surface area contributed by atoms with Crippen LogP contribution in [-0.2, 0) is 4.79 Å². The van der Waals surface area contributed by atoms with Gasteiger partial charge in [-0.25, -0.2) is 4.39 Å². The highest BCUT2D eigenvalue weighted by atomic mass is 19.1. The summed E-state index contributed by atoms with van der Waals surface area (Å²) in [5.41, 5.74) is 0.427. The summed E-state index contributed by atoms with van der Waals surface area (Å²) in [4.78, 5) is 11.0. The Morgan fingerprint density at radius 3 is 2.60 bits per heavy atom. The van der Waals surface area contributed by atoms with E-state index in [4.69, 9.17) is 5.11 Å². The Kier molecular flexibility index (Phi) is 3.80. The number of aliphatic carboxylic acids is 1. The summed E-state index contributed by atoms with van der Waals surface area (Å²) < 4.78 is 12.9. The Morgan fingerprint density at radius 1 is 1.47 bits per heavy atom. The second-order valence-corrected chi connectivity index (χ2v) is 3.65. The van der Waals surface area contributed by atoms with Crippen molar-refractivity contribution in [2.45, 2.75) is 25.9 Å². The molecule has 2 N–H and O–H groups in total. The molecule has 0 bridgehead atoms. The first-order chi connectivity index (χ1) is 7.00. The van der Waals surface area contributed by atoms with Gasteiger partial charge in [0.1, 0.15) is 11.9 Å². The quantitative estimate of drug-likeness (QED) is 0.800. The summed E-state index contributed by atoms with van der Waals surface area (Å²) in [6.45, 7) is 3.68. The summed E-state index contributed by atoms with van der Waals surface area (Å²) in [6.07, 6.45) is 0. The highest BCUT2D eigenvalue weighted by Gasteiger charge is 2.20. The number of rotatable bonds is 4. The molecule has 0 aromatic heterocycles. The highest BCUT2D eigenvalue weighted by molar-refractivity contribution is 5.75. The van der Waals surface area contributed by atoms with Crippen molar-refractivity contribution in [1.29, 1.82) is 0 Å². The predicted molar refractivity (Wildman–Crippen MR) is 55.0 cm³/mol. The molecule has 0 spiro atoms. The van der Waals surface area contributed by atoms with E-state index in [0.29, 0.717) is 5.56 Å². The summed E-state index contributed by atoms with van der Waals surface area (Å²) in [5.74, 6) is -1.43. The minimum Gasteiger partial charge on any atom is -0.480 e. The topological polar surface area (TPSA) is 49.3 Å². The first kappa shape index (κ1) is 11.7. The van der Waals surface area contributed by atoms with Crippen LogP contribution in [0.4, 0.5) is 4.39 Å². The first-order valence-electron chi connectivity index (χ1n) is 4.75. The van der Waals surface area contributed by atoms with Gasteiger partial charge in [0.05, 0.1) is 0 Å². The maximum atomic E-state index is 12.9. The Hall–Kier alpha value is -1.42. The third-order valence-electron chi connectivity index (χ3n) is 1.93. The van der Waals surface area contributed by atoms with Crippen molar-refractivity contribution in [3.8, 4) is 0 Å². The number of carboxylic acids is 1. The van der Waals surface area contributed by atoms with Gasteiger partial charge >= 0.3 is 5.97 Å². The van der Waals surface area contributed by atoms with Crippen LogP contribution < -0.4 is 5.32 Å². The van der Waals surface area contributed by atoms with E-state index in [1.165, 1.54) is 18.2 Å². The third-order valence-corrected chi connectivity index (χ3v) is 1.93. The molecule has 1 unspecified atom stereocenters. The van der Waals surface area contributed by atoms with Gasteiger partial charge in [-0.05, 0) is 31.5 Å². The number of hydrogen-bond donors (Lipinski definition) is 2. The lowest BCUT2D eigenvalue weighted by atomic mass is 10.1. The third kappa shape index (κ3) is 3.32. The van der Waals surface area contributed by atoms with Gasteiger partial charge in [-0.15, -0.1) is 0 Å². The molecule has 0 heterocycles. The maximum absolute atomic E-state index is 12.9. The van der Waals surface area contributed by atoms with Crippen LogP contribution in [-0.4, -0.2) is 17.1 Å². The van der Waals surface area contributed by atoms with Crippen molar-refractivity contribution in [2.75, 3.05) is 0 Å². The number of carboxylic acid groups (broad SMARTS) is 1. The van der Waals surface area contributed by atoms with Gasteiger partial charge in [0.25, 0.3) is 0 Å². The zero-order valence-corrected chi connectivity index (χ0v) is 8.70. The molecule has 0 fully saturated rings. The van der Waals surface area contributed by atoms with Crippen LogP contribution in [0.15, 0.2) is 24.3 Å². The van der Waals surface area contributed by atoms with Crippen LogP contribution in [0.25, 0.3) is 0 Å². The summed E-state index contributed by atoms with van der Waals surface area (Å²) >= 11 is 0. The molecular weight excluding hydrogens is 197 g/mol. The predicted octanol–water partition coefficient (Wildman–Crippen LogP) is 1.95. The number of nitrogens with one attached hydrogen (secondary N) is 1. The average Bonchev–Trinajstić information content (AvgIpc) is 2.13. The average molecular weight is 211 g/mol. The van der Waals surface area contributed by atoms with E-state index >= 15 is 0 Å². The first-order valence-corrected chi connectivity index (χ1v) is 4.75. The Bertz CT molecular complexity index is 352. The monoisotopic (exact) mass is 211 g/mol. The molecule has 3 nitrogen and oxygen atoms in total. The van der Waals surface area contributed by atoms with Gasteiger partial charge in [-0.1, -0.05) is 12.1 Å². The lowest BCUT2D eigenvalue weighted by Gasteiger charge is -2.17. The number of carbonyl (C=O) groups is 1. The van der Waals surface area contributed by atoms with Crippen molar-refractivity contribution >= 4 is 5.97 Å². The maximum Gasteiger partial charge on any atom is 0.325 e. The van der Waals surface area contributed by atoms with Crippen LogP contribution in [0.2, 0.25) is 0 Å². The van der Waals surface area contributed by atoms with E-state index in [-0.39, 0.29) is 6.04 Å². The number of hydrogen-bond acceptors (Lipinski definition) is 2. The van der Waals surface area contributed by atoms with Gasteiger partial charge < -0.3 is 5.11 Å².